The Morgan fingerprint density at radius 2 is 1.86 bits per heavy atom. The van der Waals surface area contributed by atoms with Crippen molar-refractivity contribution in [2.45, 2.75) is 33.3 Å². The van der Waals surface area contributed by atoms with Gasteiger partial charge in [0.2, 0.25) is 0 Å². The predicted octanol–water partition coefficient (Wildman–Crippen LogP) is 2.89. The number of carbonyl (C=O) groups excluding carboxylic acids is 1. The zero-order valence-corrected chi connectivity index (χ0v) is 13.4. The molecule has 1 aromatic rings. The van der Waals surface area contributed by atoms with E-state index in [0.29, 0.717) is 16.9 Å². The summed E-state index contributed by atoms with van der Waals surface area (Å²) in [6.45, 7) is 7.66. The third-order valence-corrected chi connectivity index (χ3v) is 3.90. The summed E-state index contributed by atoms with van der Waals surface area (Å²) in [6, 6.07) is 5.45. The van der Waals surface area contributed by atoms with E-state index in [2.05, 4.69) is 0 Å². The van der Waals surface area contributed by atoms with Crippen LogP contribution in [0.2, 0.25) is 0 Å². The molecular formula is C17H22O4. The predicted molar refractivity (Wildman–Crippen MR) is 81.0 cm³/mol. The Morgan fingerprint density at radius 3 is 2.33 bits per heavy atom. The smallest absolute Gasteiger partial charge is 0.337 e. The van der Waals surface area contributed by atoms with Crippen LogP contribution in [0.15, 0.2) is 23.8 Å². The molecule has 0 radical (unpaired) electrons. The van der Waals surface area contributed by atoms with Crippen molar-refractivity contribution in [2.75, 3.05) is 14.2 Å². The minimum absolute atomic E-state index is 0.306. The van der Waals surface area contributed by atoms with Gasteiger partial charge >= 0.3 is 5.97 Å². The van der Waals surface area contributed by atoms with Crippen LogP contribution in [0, 0.1) is 5.41 Å². The number of carbonyl (C=O) groups is 1. The van der Waals surface area contributed by atoms with Crippen LogP contribution < -0.4 is 4.74 Å². The van der Waals surface area contributed by atoms with E-state index in [1.165, 1.54) is 7.11 Å². The molecule has 0 aliphatic heterocycles. The molecule has 1 aliphatic rings. The molecular weight excluding hydrogens is 268 g/mol. The maximum Gasteiger partial charge on any atom is 0.337 e. The molecule has 0 amide bonds. The number of aliphatic hydroxyl groups is 1. The summed E-state index contributed by atoms with van der Waals surface area (Å²) in [4.78, 5) is 12.2. The monoisotopic (exact) mass is 290 g/mol. The van der Waals surface area contributed by atoms with Crippen molar-refractivity contribution < 1.29 is 19.4 Å². The molecule has 0 saturated heterocycles. The van der Waals surface area contributed by atoms with Gasteiger partial charge in [0, 0.05) is 0 Å². The largest absolute Gasteiger partial charge is 0.497 e. The van der Waals surface area contributed by atoms with Gasteiger partial charge in [0.25, 0.3) is 0 Å². The van der Waals surface area contributed by atoms with E-state index in [9.17, 15) is 9.90 Å². The second-order valence-corrected chi connectivity index (χ2v) is 6.48. The van der Waals surface area contributed by atoms with Crippen LogP contribution in [0.4, 0.5) is 0 Å². The summed E-state index contributed by atoms with van der Waals surface area (Å²) >= 11 is 0. The Labute approximate surface area is 125 Å². The Balaban J connectivity index is 2.82. The minimum Gasteiger partial charge on any atom is -0.497 e. The third-order valence-electron chi connectivity index (χ3n) is 3.90. The standard InChI is InChI=1S/C17H22O4/c1-16(2,3)13-11-9-10(20-5)7-8-12(11)17(4,19)14(13)15(18)21-6/h7-9,19H,1-6H3. The highest BCUT2D eigenvalue weighted by Crippen LogP contribution is 2.52. The lowest BCUT2D eigenvalue weighted by Gasteiger charge is -2.25. The molecule has 21 heavy (non-hydrogen) atoms. The molecule has 1 atom stereocenters. The van der Waals surface area contributed by atoms with E-state index in [-0.39, 0.29) is 5.41 Å². The highest BCUT2D eigenvalue weighted by molar-refractivity contribution is 6.04. The van der Waals surface area contributed by atoms with Crippen molar-refractivity contribution in [2.24, 2.45) is 5.41 Å². The summed E-state index contributed by atoms with van der Waals surface area (Å²) in [5.41, 5.74) is 0.970. The van der Waals surface area contributed by atoms with Gasteiger partial charge in [-0.05, 0) is 41.2 Å². The van der Waals surface area contributed by atoms with Crippen LogP contribution >= 0.6 is 0 Å². The van der Waals surface area contributed by atoms with Crippen LogP contribution in [0.1, 0.15) is 38.8 Å². The number of esters is 1. The van der Waals surface area contributed by atoms with E-state index in [4.69, 9.17) is 9.47 Å². The summed E-state index contributed by atoms with van der Waals surface area (Å²) < 4.78 is 10.2. The maximum atomic E-state index is 12.2. The molecule has 0 saturated carbocycles. The summed E-state index contributed by atoms with van der Waals surface area (Å²) in [6.07, 6.45) is 0. The molecule has 1 unspecified atom stereocenters. The van der Waals surface area contributed by atoms with Crippen molar-refractivity contribution in [1.82, 2.24) is 0 Å². The molecule has 114 valence electrons. The van der Waals surface area contributed by atoms with E-state index in [0.717, 1.165) is 11.1 Å². The van der Waals surface area contributed by atoms with E-state index < -0.39 is 11.6 Å². The van der Waals surface area contributed by atoms with Gasteiger partial charge in [0.05, 0.1) is 19.8 Å². The normalized spacial score (nSPS) is 21.3. The summed E-state index contributed by atoms with van der Waals surface area (Å²) in [5.74, 6) is 0.192. The fourth-order valence-corrected chi connectivity index (χ4v) is 2.98. The van der Waals surface area contributed by atoms with Crippen molar-refractivity contribution >= 4 is 11.5 Å². The number of allylic oxidation sites excluding steroid dienone is 1. The van der Waals surface area contributed by atoms with Crippen LogP contribution in [-0.2, 0) is 15.1 Å². The Morgan fingerprint density at radius 1 is 1.24 bits per heavy atom. The number of rotatable bonds is 2. The van der Waals surface area contributed by atoms with Crippen LogP contribution in [0.5, 0.6) is 5.75 Å². The lowest BCUT2D eigenvalue weighted by molar-refractivity contribution is -0.138. The van der Waals surface area contributed by atoms with Crippen LogP contribution in [0.25, 0.3) is 5.57 Å². The highest BCUT2D eigenvalue weighted by atomic mass is 16.5. The van der Waals surface area contributed by atoms with E-state index >= 15 is 0 Å². The molecule has 1 N–H and O–H groups in total. The first kappa shape index (κ1) is 15.6. The molecule has 0 heterocycles. The second-order valence-electron chi connectivity index (χ2n) is 6.48. The fraction of sp³-hybridized carbons (Fsp3) is 0.471. The van der Waals surface area contributed by atoms with Crippen molar-refractivity contribution in [3.63, 3.8) is 0 Å². The van der Waals surface area contributed by atoms with Gasteiger partial charge in [0.15, 0.2) is 0 Å². The number of benzene rings is 1. The molecule has 0 spiro atoms. The second kappa shape index (κ2) is 4.88. The average Bonchev–Trinajstić information content (AvgIpc) is 2.65. The van der Waals surface area contributed by atoms with Gasteiger partial charge in [-0.2, -0.15) is 0 Å². The number of methoxy groups -OCH3 is 2. The SMILES string of the molecule is COC(=O)C1=C(C(C)(C)C)c2cc(OC)ccc2C1(C)O. The van der Waals surface area contributed by atoms with Gasteiger partial charge in [-0.15, -0.1) is 0 Å². The molecule has 1 aromatic carbocycles. The number of hydrogen-bond acceptors (Lipinski definition) is 4. The third kappa shape index (κ3) is 2.33. The Hall–Kier alpha value is -1.81. The number of fused-ring (bicyclic) bond motifs is 1. The first-order valence-electron chi connectivity index (χ1n) is 6.89. The quantitative estimate of drug-likeness (QED) is 0.851. The minimum atomic E-state index is -1.36. The number of ether oxygens (including phenoxy) is 2. The van der Waals surface area contributed by atoms with Crippen LogP contribution in [0.3, 0.4) is 0 Å². The van der Waals surface area contributed by atoms with Crippen molar-refractivity contribution in [3.05, 3.63) is 34.9 Å². The van der Waals surface area contributed by atoms with Gasteiger partial charge in [-0.25, -0.2) is 4.79 Å². The topological polar surface area (TPSA) is 55.8 Å². The van der Waals surface area contributed by atoms with Crippen molar-refractivity contribution in [3.8, 4) is 5.75 Å². The molecule has 0 fully saturated rings. The zero-order chi connectivity index (χ0) is 16.0. The average molecular weight is 290 g/mol. The van der Waals surface area contributed by atoms with Crippen LogP contribution in [-0.4, -0.2) is 25.3 Å². The highest BCUT2D eigenvalue weighted by Gasteiger charge is 2.47. The van der Waals surface area contributed by atoms with Gasteiger partial charge < -0.3 is 14.6 Å². The molecule has 0 bridgehead atoms. The van der Waals surface area contributed by atoms with E-state index in [1.807, 2.05) is 26.8 Å². The van der Waals surface area contributed by atoms with Gasteiger partial charge in [-0.3, -0.25) is 0 Å². The molecule has 4 nitrogen and oxygen atoms in total. The summed E-state index contributed by atoms with van der Waals surface area (Å²) in [7, 11) is 2.92. The zero-order valence-electron chi connectivity index (χ0n) is 13.4. The molecule has 2 rings (SSSR count). The Bertz CT molecular complexity index is 618. The van der Waals surface area contributed by atoms with Gasteiger partial charge in [0.1, 0.15) is 11.4 Å². The van der Waals surface area contributed by atoms with Gasteiger partial charge in [-0.1, -0.05) is 26.8 Å². The lowest BCUT2D eigenvalue weighted by Crippen LogP contribution is -2.28. The Kier molecular flexibility index (Phi) is 3.62. The maximum absolute atomic E-state index is 12.2. The first-order valence-corrected chi connectivity index (χ1v) is 6.89. The summed E-state index contributed by atoms with van der Waals surface area (Å²) in [5, 5.41) is 10.9. The molecule has 4 heteroatoms. The fourth-order valence-electron chi connectivity index (χ4n) is 2.98. The van der Waals surface area contributed by atoms with Crippen molar-refractivity contribution in [1.29, 1.82) is 0 Å². The van der Waals surface area contributed by atoms with E-state index in [1.54, 1.807) is 26.2 Å². The molecule has 1 aliphatic carbocycles. The number of hydrogen-bond donors (Lipinski definition) is 1. The lowest BCUT2D eigenvalue weighted by atomic mass is 9.81. The first-order chi connectivity index (χ1) is 9.64. The molecule has 0 aromatic heterocycles.